The predicted molar refractivity (Wildman–Crippen MR) is 88.6 cm³/mol. The molecule has 0 radical (unpaired) electrons. The normalized spacial score (nSPS) is 11.7. The SMILES string of the molecule is CCC(CC(=O)NCCSCC(=O)O)c1ccc(OC)cc1. The van der Waals surface area contributed by atoms with Crippen LogP contribution >= 0.6 is 11.8 Å². The van der Waals surface area contributed by atoms with E-state index in [0.29, 0.717) is 18.7 Å². The van der Waals surface area contributed by atoms with E-state index in [0.717, 1.165) is 17.7 Å². The van der Waals surface area contributed by atoms with E-state index in [2.05, 4.69) is 12.2 Å². The molecule has 1 aromatic rings. The van der Waals surface area contributed by atoms with E-state index < -0.39 is 5.97 Å². The maximum atomic E-state index is 11.9. The highest BCUT2D eigenvalue weighted by molar-refractivity contribution is 7.99. The lowest BCUT2D eigenvalue weighted by Gasteiger charge is -2.15. The first-order chi connectivity index (χ1) is 10.6. The molecule has 0 aliphatic carbocycles. The van der Waals surface area contributed by atoms with E-state index >= 15 is 0 Å². The predicted octanol–water partition coefficient (Wildman–Crippen LogP) is 2.51. The van der Waals surface area contributed by atoms with E-state index in [1.54, 1.807) is 7.11 Å². The lowest BCUT2D eigenvalue weighted by molar-refractivity contribution is -0.133. The molecule has 1 unspecified atom stereocenters. The number of benzene rings is 1. The number of nitrogens with one attached hydrogen (secondary N) is 1. The molecule has 5 nitrogen and oxygen atoms in total. The summed E-state index contributed by atoms with van der Waals surface area (Å²) in [6.07, 6.45) is 1.32. The van der Waals surface area contributed by atoms with Gasteiger partial charge in [-0.05, 0) is 30.0 Å². The molecule has 22 heavy (non-hydrogen) atoms. The van der Waals surface area contributed by atoms with Gasteiger partial charge in [-0.15, -0.1) is 11.8 Å². The van der Waals surface area contributed by atoms with Gasteiger partial charge >= 0.3 is 5.97 Å². The first kappa shape index (κ1) is 18.4. The van der Waals surface area contributed by atoms with E-state index in [9.17, 15) is 9.59 Å². The standard InChI is InChI=1S/C16H23NO4S/c1-3-12(13-4-6-14(21-2)7-5-13)10-15(18)17-8-9-22-11-16(19)20/h4-7,12H,3,8-11H2,1-2H3,(H,17,18)(H,19,20). The number of methoxy groups -OCH3 is 1. The van der Waals surface area contributed by atoms with Gasteiger partial charge in [-0.1, -0.05) is 19.1 Å². The highest BCUT2D eigenvalue weighted by atomic mass is 32.2. The van der Waals surface area contributed by atoms with E-state index in [1.165, 1.54) is 11.8 Å². The van der Waals surface area contributed by atoms with Crippen molar-refractivity contribution in [3.8, 4) is 5.75 Å². The minimum absolute atomic E-state index is 0.00130. The smallest absolute Gasteiger partial charge is 0.313 e. The topological polar surface area (TPSA) is 75.6 Å². The van der Waals surface area contributed by atoms with Crippen molar-refractivity contribution in [2.75, 3.05) is 25.2 Å². The molecule has 0 saturated heterocycles. The van der Waals surface area contributed by atoms with Crippen LogP contribution in [0.3, 0.4) is 0 Å². The van der Waals surface area contributed by atoms with Crippen molar-refractivity contribution in [2.45, 2.75) is 25.7 Å². The van der Waals surface area contributed by atoms with E-state index in [-0.39, 0.29) is 17.6 Å². The van der Waals surface area contributed by atoms with Gasteiger partial charge in [0.1, 0.15) is 5.75 Å². The molecule has 0 aliphatic rings. The van der Waals surface area contributed by atoms with Crippen LogP contribution in [0.2, 0.25) is 0 Å². The number of hydrogen-bond donors (Lipinski definition) is 2. The van der Waals surface area contributed by atoms with Crippen molar-refractivity contribution in [3.63, 3.8) is 0 Å². The van der Waals surface area contributed by atoms with Crippen LogP contribution in [0, 0.1) is 0 Å². The zero-order valence-electron chi connectivity index (χ0n) is 13.0. The van der Waals surface area contributed by atoms with E-state index in [1.807, 2.05) is 24.3 Å². The number of amides is 1. The Labute approximate surface area is 135 Å². The molecule has 0 spiro atoms. The van der Waals surface area contributed by atoms with Gasteiger partial charge in [0.2, 0.25) is 5.91 Å². The minimum Gasteiger partial charge on any atom is -0.497 e. The Morgan fingerprint density at radius 2 is 2.00 bits per heavy atom. The van der Waals surface area contributed by atoms with Gasteiger partial charge in [-0.3, -0.25) is 9.59 Å². The van der Waals surface area contributed by atoms with Crippen LogP contribution in [0.15, 0.2) is 24.3 Å². The largest absolute Gasteiger partial charge is 0.497 e. The molecule has 1 aromatic carbocycles. The molecule has 0 fully saturated rings. The van der Waals surface area contributed by atoms with Crippen molar-refractivity contribution in [1.82, 2.24) is 5.32 Å². The van der Waals surface area contributed by atoms with Crippen LogP contribution < -0.4 is 10.1 Å². The quantitative estimate of drug-likeness (QED) is 0.647. The molecular weight excluding hydrogens is 302 g/mol. The number of carboxylic acid groups (broad SMARTS) is 1. The Bertz CT molecular complexity index is 476. The first-order valence-electron chi connectivity index (χ1n) is 7.27. The summed E-state index contributed by atoms with van der Waals surface area (Å²) >= 11 is 1.30. The monoisotopic (exact) mass is 325 g/mol. The number of thioether (sulfide) groups is 1. The minimum atomic E-state index is -0.832. The second-order valence-electron chi connectivity index (χ2n) is 4.88. The summed E-state index contributed by atoms with van der Waals surface area (Å²) in [6, 6.07) is 7.78. The number of carboxylic acids is 1. The molecule has 0 heterocycles. The molecule has 1 amide bonds. The molecular formula is C16H23NO4S. The average molecular weight is 325 g/mol. The third-order valence-electron chi connectivity index (χ3n) is 3.31. The molecule has 0 aliphatic heterocycles. The van der Waals surface area contributed by atoms with Gasteiger partial charge in [0, 0.05) is 18.7 Å². The molecule has 6 heteroatoms. The second kappa shape index (κ2) is 10.1. The number of hydrogen-bond acceptors (Lipinski definition) is 4. The average Bonchev–Trinajstić information content (AvgIpc) is 2.52. The zero-order chi connectivity index (χ0) is 16.4. The summed E-state index contributed by atoms with van der Waals surface area (Å²) in [5, 5.41) is 11.4. The summed E-state index contributed by atoms with van der Waals surface area (Å²) in [7, 11) is 1.63. The highest BCUT2D eigenvalue weighted by Crippen LogP contribution is 2.25. The summed E-state index contributed by atoms with van der Waals surface area (Å²) in [6.45, 7) is 2.56. The van der Waals surface area contributed by atoms with Crippen molar-refractivity contribution in [3.05, 3.63) is 29.8 Å². The summed E-state index contributed by atoms with van der Waals surface area (Å²) in [5.74, 6) is 0.827. The zero-order valence-corrected chi connectivity index (χ0v) is 13.8. The molecule has 0 bridgehead atoms. The Balaban J connectivity index is 2.37. The number of carbonyl (C=O) groups is 2. The number of carbonyl (C=O) groups excluding carboxylic acids is 1. The number of aliphatic carboxylic acids is 1. The summed E-state index contributed by atoms with van der Waals surface area (Å²) in [4.78, 5) is 22.3. The van der Waals surface area contributed by atoms with Crippen LogP contribution in [0.25, 0.3) is 0 Å². The van der Waals surface area contributed by atoms with Gasteiger partial charge in [0.25, 0.3) is 0 Å². The molecule has 0 aromatic heterocycles. The van der Waals surface area contributed by atoms with Gasteiger partial charge in [0.05, 0.1) is 12.9 Å². The third kappa shape index (κ3) is 6.85. The fourth-order valence-electron chi connectivity index (χ4n) is 2.09. The number of ether oxygens (including phenoxy) is 1. The van der Waals surface area contributed by atoms with Gasteiger partial charge < -0.3 is 15.2 Å². The molecule has 1 atom stereocenters. The summed E-state index contributed by atoms with van der Waals surface area (Å²) < 4.78 is 5.13. The molecule has 122 valence electrons. The van der Waals surface area contributed by atoms with Crippen LogP contribution in [-0.4, -0.2) is 42.1 Å². The van der Waals surface area contributed by atoms with Gasteiger partial charge in [-0.25, -0.2) is 0 Å². The molecule has 0 saturated carbocycles. The van der Waals surface area contributed by atoms with Crippen molar-refractivity contribution in [2.24, 2.45) is 0 Å². The fraction of sp³-hybridized carbons (Fsp3) is 0.500. The maximum Gasteiger partial charge on any atom is 0.313 e. The van der Waals surface area contributed by atoms with Crippen molar-refractivity contribution >= 4 is 23.6 Å². The molecule has 1 rings (SSSR count). The Hall–Kier alpha value is -1.69. The maximum absolute atomic E-state index is 11.9. The Morgan fingerprint density at radius 1 is 1.32 bits per heavy atom. The van der Waals surface area contributed by atoms with Crippen molar-refractivity contribution in [1.29, 1.82) is 0 Å². The fourth-order valence-corrected chi connectivity index (χ4v) is 2.66. The van der Waals surface area contributed by atoms with E-state index in [4.69, 9.17) is 9.84 Å². The Kier molecular flexibility index (Phi) is 8.43. The summed E-state index contributed by atoms with van der Waals surface area (Å²) in [5.41, 5.74) is 1.12. The first-order valence-corrected chi connectivity index (χ1v) is 8.42. The van der Waals surface area contributed by atoms with Crippen LogP contribution in [-0.2, 0) is 9.59 Å². The van der Waals surface area contributed by atoms with Gasteiger partial charge in [0.15, 0.2) is 0 Å². The third-order valence-corrected chi connectivity index (χ3v) is 4.25. The van der Waals surface area contributed by atoms with Crippen LogP contribution in [0.1, 0.15) is 31.2 Å². The van der Waals surface area contributed by atoms with Gasteiger partial charge in [-0.2, -0.15) is 0 Å². The van der Waals surface area contributed by atoms with Crippen LogP contribution in [0.4, 0.5) is 0 Å². The van der Waals surface area contributed by atoms with Crippen LogP contribution in [0.5, 0.6) is 5.75 Å². The second-order valence-corrected chi connectivity index (χ2v) is 5.98. The number of rotatable bonds is 10. The van der Waals surface area contributed by atoms with Crippen molar-refractivity contribution < 1.29 is 19.4 Å². The Morgan fingerprint density at radius 3 is 2.55 bits per heavy atom. The lowest BCUT2D eigenvalue weighted by atomic mass is 9.93. The molecule has 2 N–H and O–H groups in total. The highest BCUT2D eigenvalue weighted by Gasteiger charge is 2.14. The lowest BCUT2D eigenvalue weighted by Crippen LogP contribution is -2.27.